The number of aryl methyl sites for hydroxylation is 1. The minimum Gasteiger partial charge on any atom is -0.390 e. The van der Waals surface area contributed by atoms with Gasteiger partial charge in [0.05, 0.1) is 41.0 Å². The SMILES string of the molecule is [B]C([B])([B])OC1(c2cc3c(N)ncnc3n(C)c2=O)CCN(C(C)=O)C1. The van der Waals surface area contributed by atoms with E-state index in [2.05, 4.69) is 9.97 Å². The second-order valence-corrected chi connectivity index (χ2v) is 6.56. The van der Waals surface area contributed by atoms with Crippen molar-refractivity contribution < 1.29 is 9.53 Å². The lowest BCUT2D eigenvalue weighted by Gasteiger charge is -2.38. The van der Waals surface area contributed by atoms with Gasteiger partial charge in [0.2, 0.25) is 5.91 Å². The van der Waals surface area contributed by atoms with Gasteiger partial charge in [-0.25, -0.2) is 9.97 Å². The highest BCUT2D eigenvalue weighted by molar-refractivity contribution is 6.58. The molecule has 6 radical (unpaired) electrons. The van der Waals surface area contributed by atoms with Crippen LogP contribution in [0.15, 0.2) is 17.2 Å². The molecule has 11 heteroatoms. The summed E-state index contributed by atoms with van der Waals surface area (Å²) >= 11 is 0. The first-order valence-electron chi connectivity index (χ1n) is 7.97. The van der Waals surface area contributed by atoms with E-state index in [4.69, 9.17) is 34.0 Å². The van der Waals surface area contributed by atoms with Crippen LogP contribution in [0.1, 0.15) is 18.9 Å². The third kappa shape index (κ3) is 3.11. The number of pyridine rings is 1. The van der Waals surface area contributed by atoms with Crippen LogP contribution < -0.4 is 11.3 Å². The van der Waals surface area contributed by atoms with Crippen LogP contribution >= 0.6 is 0 Å². The van der Waals surface area contributed by atoms with E-state index in [1.54, 1.807) is 18.0 Å². The number of carbonyl (C=O) groups is 1. The Bertz CT molecular complexity index is 942. The zero-order chi connectivity index (χ0) is 19.3. The van der Waals surface area contributed by atoms with Crippen LogP contribution in [0.2, 0.25) is 0 Å². The van der Waals surface area contributed by atoms with Gasteiger partial charge in [0.1, 0.15) is 23.4 Å². The Morgan fingerprint density at radius 1 is 1.38 bits per heavy atom. The van der Waals surface area contributed by atoms with Gasteiger partial charge >= 0.3 is 0 Å². The van der Waals surface area contributed by atoms with E-state index in [0.717, 1.165) is 0 Å². The van der Waals surface area contributed by atoms with Crippen molar-refractivity contribution in [1.82, 2.24) is 19.4 Å². The molecule has 1 atom stereocenters. The fourth-order valence-electron chi connectivity index (χ4n) is 3.36. The number of nitrogens with zero attached hydrogens (tertiary/aromatic N) is 4. The lowest BCUT2D eigenvalue weighted by atomic mass is 9.52. The third-order valence-corrected chi connectivity index (χ3v) is 4.58. The normalized spacial score (nSPS) is 20.6. The van der Waals surface area contributed by atoms with Crippen LogP contribution in [-0.4, -0.2) is 67.3 Å². The van der Waals surface area contributed by atoms with Crippen LogP contribution in [0.25, 0.3) is 11.0 Å². The number of nitrogens with two attached hydrogens (primary N) is 1. The molecule has 1 aliphatic rings. The van der Waals surface area contributed by atoms with Gasteiger partial charge in [0.15, 0.2) is 0 Å². The van der Waals surface area contributed by atoms with E-state index in [-0.39, 0.29) is 29.4 Å². The number of fused-ring (bicyclic) bond motifs is 1. The number of amides is 1. The fraction of sp³-hybridized carbons (Fsp3) is 0.467. The average molecular weight is 347 g/mol. The van der Waals surface area contributed by atoms with Crippen LogP contribution in [0.5, 0.6) is 0 Å². The largest absolute Gasteiger partial charge is 0.390 e. The van der Waals surface area contributed by atoms with Gasteiger partial charge in [-0.1, -0.05) is 0 Å². The number of anilines is 1. The van der Waals surface area contributed by atoms with E-state index >= 15 is 0 Å². The molecule has 2 aromatic rings. The Morgan fingerprint density at radius 3 is 2.65 bits per heavy atom. The molecular weight excluding hydrogens is 331 g/mol. The Morgan fingerprint density at radius 2 is 2.08 bits per heavy atom. The zero-order valence-electron chi connectivity index (χ0n) is 14.6. The summed E-state index contributed by atoms with van der Waals surface area (Å²) in [5.41, 5.74) is 4.92. The van der Waals surface area contributed by atoms with Crippen molar-refractivity contribution in [2.24, 2.45) is 7.05 Å². The number of hydrogen-bond acceptors (Lipinski definition) is 6. The summed E-state index contributed by atoms with van der Waals surface area (Å²) in [5.74, 6) is 0.0514. The molecule has 8 nitrogen and oxygen atoms in total. The third-order valence-electron chi connectivity index (χ3n) is 4.58. The molecule has 3 heterocycles. The monoisotopic (exact) mass is 347 g/mol. The molecule has 1 fully saturated rings. The maximum atomic E-state index is 13.0. The Hall–Kier alpha value is -2.29. The number of nitrogen functional groups attached to an aromatic ring is 1. The summed E-state index contributed by atoms with van der Waals surface area (Å²) in [6.45, 7) is 1.89. The lowest BCUT2D eigenvalue weighted by Crippen LogP contribution is -2.49. The molecule has 128 valence electrons. The first kappa shape index (κ1) is 18.5. The minimum absolute atomic E-state index is 0.0873. The van der Waals surface area contributed by atoms with E-state index < -0.39 is 10.9 Å². The Kier molecular flexibility index (Phi) is 4.38. The molecule has 2 aromatic heterocycles. The highest BCUT2D eigenvalue weighted by Gasteiger charge is 2.46. The van der Waals surface area contributed by atoms with Gasteiger partial charge < -0.3 is 15.4 Å². The molecule has 1 amide bonds. The number of carbonyl (C=O) groups excluding carboxylic acids is 1. The summed E-state index contributed by atoms with van der Waals surface area (Å²) in [7, 11) is 18.5. The van der Waals surface area contributed by atoms with Crippen molar-refractivity contribution in [1.29, 1.82) is 0 Å². The van der Waals surface area contributed by atoms with Gasteiger partial charge in [-0.3, -0.25) is 14.2 Å². The summed E-state index contributed by atoms with van der Waals surface area (Å²) in [6, 6.07) is 1.56. The molecule has 0 bridgehead atoms. The quantitative estimate of drug-likeness (QED) is 0.678. The van der Waals surface area contributed by atoms with Crippen LogP contribution in [0.3, 0.4) is 0 Å². The number of ether oxygens (including phenoxy) is 1. The molecule has 2 N–H and O–H groups in total. The van der Waals surface area contributed by atoms with Crippen LogP contribution in [-0.2, 0) is 22.2 Å². The Labute approximate surface area is 154 Å². The average Bonchev–Trinajstić information content (AvgIpc) is 2.94. The first-order chi connectivity index (χ1) is 12.0. The van der Waals surface area contributed by atoms with Gasteiger partial charge in [-0.05, 0) is 11.4 Å². The number of rotatable bonds is 3. The minimum atomic E-state index is -1.99. The predicted molar refractivity (Wildman–Crippen MR) is 98.8 cm³/mol. The van der Waals surface area contributed by atoms with Crippen LogP contribution in [0.4, 0.5) is 5.82 Å². The number of likely N-dealkylation sites (tertiary alicyclic amines) is 1. The molecule has 3 rings (SSSR count). The first-order valence-corrected chi connectivity index (χ1v) is 7.97. The van der Waals surface area contributed by atoms with Gasteiger partial charge in [-0.2, -0.15) is 0 Å². The molecule has 1 saturated heterocycles. The molecule has 0 spiro atoms. The van der Waals surface area contributed by atoms with Crippen molar-refractivity contribution in [2.45, 2.75) is 24.2 Å². The Balaban J connectivity index is 2.25. The predicted octanol–water partition coefficient (Wildman–Crippen LogP) is -1.51. The number of hydrogen-bond donors (Lipinski definition) is 1. The topological polar surface area (TPSA) is 103 Å². The molecular formula is C15H16B3N5O3. The van der Waals surface area contributed by atoms with Crippen molar-refractivity contribution in [2.75, 3.05) is 18.8 Å². The second-order valence-electron chi connectivity index (χ2n) is 6.56. The van der Waals surface area contributed by atoms with Gasteiger partial charge in [-0.15, -0.1) is 0 Å². The summed E-state index contributed by atoms with van der Waals surface area (Å²) in [6.07, 6.45) is 1.58. The summed E-state index contributed by atoms with van der Waals surface area (Å²) in [4.78, 5) is 34.4. The van der Waals surface area contributed by atoms with E-state index in [1.807, 2.05) is 0 Å². The lowest BCUT2D eigenvalue weighted by molar-refractivity contribution is -0.129. The summed E-state index contributed by atoms with van der Waals surface area (Å²) < 4.78 is 7.06. The maximum absolute atomic E-state index is 13.0. The standard InChI is InChI=1S/C15H16B3N5O3/c1-8(24)23-4-3-14(6-23,26-15(16,17)18)10-5-9-11(19)20-7-21-12(9)22(2)13(10)25/h5,7H,3-4,6H2,1-2H3,(H2,19,20,21). The van der Waals surface area contributed by atoms with E-state index in [9.17, 15) is 9.59 Å². The summed E-state index contributed by atoms with van der Waals surface area (Å²) in [5, 5.41) is -1.52. The molecule has 0 saturated carbocycles. The van der Waals surface area contributed by atoms with E-state index in [0.29, 0.717) is 24.0 Å². The highest BCUT2D eigenvalue weighted by atomic mass is 16.5. The van der Waals surface area contributed by atoms with Crippen molar-refractivity contribution in [3.05, 3.63) is 28.3 Å². The van der Waals surface area contributed by atoms with Crippen molar-refractivity contribution in [3.63, 3.8) is 0 Å². The van der Waals surface area contributed by atoms with E-state index in [1.165, 1.54) is 17.8 Å². The van der Waals surface area contributed by atoms with Gasteiger partial charge in [0.25, 0.3) is 5.56 Å². The van der Waals surface area contributed by atoms with Crippen LogP contribution in [0, 0.1) is 0 Å². The molecule has 1 unspecified atom stereocenters. The van der Waals surface area contributed by atoms with Crippen molar-refractivity contribution >= 4 is 46.3 Å². The second kappa shape index (κ2) is 6.16. The highest BCUT2D eigenvalue weighted by Crippen LogP contribution is 2.37. The molecule has 1 aliphatic heterocycles. The number of aromatic nitrogens is 3. The zero-order valence-corrected chi connectivity index (χ0v) is 14.6. The maximum Gasteiger partial charge on any atom is 0.258 e. The molecule has 0 aliphatic carbocycles. The molecule has 26 heavy (non-hydrogen) atoms. The van der Waals surface area contributed by atoms with Gasteiger partial charge in [0, 0.05) is 26.9 Å². The van der Waals surface area contributed by atoms with Crippen molar-refractivity contribution in [3.8, 4) is 0 Å². The fourth-order valence-corrected chi connectivity index (χ4v) is 3.36. The molecule has 0 aromatic carbocycles. The smallest absolute Gasteiger partial charge is 0.258 e.